The number of nitrogens with one attached hydrogen (secondary N) is 3. The minimum atomic E-state index is -1.23. The summed E-state index contributed by atoms with van der Waals surface area (Å²) in [5.41, 5.74) is 0. The maximum absolute atomic E-state index is 11.7. The van der Waals surface area contributed by atoms with Gasteiger partial charge in [0.05, 0.1) is 7.11 Å². The number of carbonyl (C=O) groups excluding carboxylic acids is 3. The number of ether oxygens (including phenoxy) is 1. The van der Waals surface area contributed by atoms with Gasteiger partial charge in [-0.25, -0.2) is 9.59 Å². The van der Waals surface area contributed by atoms with E-state index in [2.05, 4.69) is 20.7 Å². The summed E-state index contributed by atoms with van der Waals surface area (Å²) < 4.78 is 4.42. The molecule has 1 heterocycles. The second kappa shape index (κ2) is 8.08. The van der Waals surface area contributed by atoms with E-state index in [9.17, 15) is 19.2 Å². The molecule has 0 aliphatic carbocycles. The Labute approximate surface area is 121 Å². The maximum Gasteiger partial charge on any atom is 0.326 e. The van der Waals surface area contributed by atoms with Crippen LogP contribution in [0.25, 0.3) is 0 Å². The van der Waals surface area contributed by atoms with Crippen LogP contribution in [0.15, 0.2) is 0 Å². The number of carbonyl (C=O) groups is 4. The zero-order chi connectivity index (χ0) is 15.8. The smallest absolute Gasteiger partial charge is 0.326 e. The number of esters is 1. The molecule has 9 nitrogen and oxygen atoms in total. The Bertz CT molecular complexity index is 415. The van der Waals surface area contributed by atoms with Crippen LogP contribution >= 0.6 is 0 Å². The van der Waals surface area contributed by atoms with Crippen LogP contribution in [-0.4, -0.2) is 54.7 Å². The van der Waals surface area contributed by atoms with Crippen molar-refractivity contribution in [3.05, 3.63) is 0 Å². The van der Waals surface area contributed by atoms with Crippen LogP contribution < -0.4 is 16.0 Å². The van der Waals surface area contributed by atoms with Crippen molar-refractivity contribution in [2.24, 2.45) is 0 Å². The second-order valence-electron chi connectivity index (χ2n) is 4.66. The summed E-state index contributed by atoms with van der Waals surface area (Å²) >= 11 is 0. The quantitative estimate of drug-likeness (QED) is 0.463. The van der Waals surface area contributed by atoms with Crippen molar-refractivity contribution in [1.82, 2.24) is 16.0 Å². The third-order valence-electron chi connectivity index (χ3n) is 3.07. The SMILES string of the molecule is COC(=O)CC[C@H](NC(=O)NC1CCC(=O)NC1)C(=O)O. The number of urea groups is 1. The van der Waals surface area contributed by atoms with Crippen LogP contribution in [0.3, 0.4) is 0 Å². The van der Waals surface area contributed by atoms with E-state index in [1.54, 1.807) is 0 Å². The van der Waals surface area contributed by atoms with Crippen LogP contribution in [0, 0.1) is 0 Å². The molecule has 0 radical (unpaired) electrons. The molecule has 1 aliphatic heterocycles. The first-order chi connectivity index (χ1) is 9.92. The Hall–Kier alpha value is -2.32. The summed E-state index contributed by atoms with van der Waals surface area (Å²) in [5, 5.41) is 16.5. The monoisotopic (exact) mass is 301 g/mol. The number of carboxylic acid groups (broad SMARTS) is 1. The highest BCUT2D eigenvalue weighted by Gasteiger charge is 2.24. The first-order valence-corrected chi connectivity index (χ1v) is 6.55. The lowest BCUT2D eigenvalue weighted by Gasteiger charge is -2.24. The number of hydrogen-bond donors (Lipinski definition) is 4. The molecule has 1 aliphatic rings. The number of rotatable bonds is 6. The standard InChI is InChI=1S/C12H19N3O6/c1-21-10(17)5-3-8(11(18)19)15-12(20)14-7-2-4-9(16)13-6-7/h7-8H,2-6H2,1H3,(H,13,16)(H,18,19)(H2,14,15,20)/t7?,8-/m0/s1. The average molecular weight is 301 g/mol. The molecule has 1 fully saturated rings. The highest BCUT2D eigenvalue weighted by molar-refractivity contribution is 5.83. The highest BCUT2D eigenvalue weighted by atomic mass is 16.5. The van der Waals surface area contributed by atoms with E-state index < -0.39 is 24.0 Å². The molecule has 1 rings (SSSR count). The van der Waals surface area contributed by atoms with E-state index in [4.69, 9.17) is 5.11 Å². The second-order valence-corrected chi connectivity index (χ2v) is 4.66. The molecule has 0 spiro atoms. The molecule has 0 saturated carbocycles. The Kier molecular flexibility index (Phi) is 6.44. The van der Waals surface area contributed by atoms with Gasteiger partial charge in [0.25, 0.3) is 0 Å². The van der Waals surface area contributed by atoms with Crippen LogP contribution in [0.4, 0.5) is 4.79 Å². The summed E-state index contributed by atoms with van der Waals surface area (Å²) in [6, 6.07) is -2.06. The number of piperidine rings is 1. The molecule has 2 atom stereocenters. The fourth-order valence-corrected chi connectivity index (χ4v) is 1.86. The van der Waals surface area contributed by atoms with Gasteiger partial charge in [-0.3, -0.25) is 9.59 Å². The van der Waals surface area contributed by atoms with Gasteiger partial charge in [-0.05, 0) is 12.8 Å². The number of hydrogen-bond acceptors (Lipinski definition) is 5. The largest absolute Gasteiger partial charge is 0.480 e. The Morgan fingerprint density at radius 3 is 2.71 bits per heavy atom. The minimum absolute atomic E-state index is 0.0587. The minimum Gasteiger partial charge on any atom is -0.480 e. The van der Waals surface area contributed by atoms with Crippen molar-refractivity contribution in [3.8, 4) is 0 Å². The van der Waals surface area contributed by atoms with Crippen LogP contribution in [-0.2, 0) is 19.1 Å². The van der Waals surface area contributed by atoms with Crippen LogP contribution in [0.5, 0.6) is 0 Å². The number of amides is 3. The first kappa shape index (κ1) is 16.7. The van der Waals surface area contributed by atoms with Crippen molar-refractivity contribution < 1.29 is 29.0 Å². The summed E-state index contributed by atoms with van der Waals surface area (Å²) in [7, 11) is 1.20. The highest BCUT2D eigenvalue weighted by Crippen LogP contribution is 2.03. The molecule has 3 amide bonds. The molecule has 21 heavy (non-hydrogen) atoms. The summed E-state index contributed by atoms with van der Waals surface area (Å²) in [4.78, 5) is 44.7. The Morgan fingerprint density at radius 2 is 2.19 bits per heavy atom. The molecule has 0 aromatic carbocycles. The number of aliphatic carboxylic acids is 1. The molecular formula is C12H19N3O6. The van der Waals surface area contributed by atoms with Crippen molar-refractivity contribution in [2.75, 3.05) is 13.7 Å². The summed E-state index contributed by atoms with van der Waals surface area (Å²) in [5.74, 6) is -1.85. The predicted octanol–water partition coefficient (Wildman–Crippen LogP) is -1.03. The number of carboxylic acids is 1. The van der Waals surface area contributed by atoms with E-state index in [1.807, 2.05) is 0 Å². The van der Waals surface area contributed by atoms with Gasteiger partial charge < -0.3 is 25.8 Å². The van der Waals surface area contributed by atoms with E-state index in [1.165, 1.54) is 7.11 Å². The van der Waals surface area contributed by atoms with Gasteiger partial charge in [-0.2, -0.15) is 0 Å². The lowest BCUT2D eigenvalue weighted by molar-refractivity contribution is -0.142. The summed E-state index contributed by atoms with van der Waals surface area (Å²) in [6.45, 7) is 0.312. The molecule has 4 N–H and O–H groups in total. The topological polar surface area (TPSA) is 134 Å². The zero-order valence-electron chi connectivity index (χ0n) is 11.7. The third kappa shape index (κ3) is 6.11. The van der Waals surface area contributed by atoms with E-state index >= 15 is 0 Å². The molecule has 9 heteroatoms. The maximum atomic E-state index is 11.7. The van der Waals surface area contributed by atoms with Crippen molar-refractivity contribution in [2.45, 2.75) is 37.8 Å². The van der Waals surface area contributed by atoms with Crippen molar-refractivity contribution in [3.63, 3.8) is 0 Å². The van der Waals surface area contributed by atoms with Gasteiger partial charge in [0.1, 0.15) is 6.04 Å². The lowest BCUT2D eigenvalue weighted by Crippen LogP contribution is -2.53. The molecule has 0 aromatic rings. The van der Waals surface area contributed by atoms with Gasteiger partial charge in [-0.1, -0.05) is 0 Å². The van der Waals surface area contributed by atoms with E-state index in [0.717, 1.165) is 0 Å². The Balaban J connectivity index is 2.39. The van der Waals surface area contributed by atoms with Gasteiger partial charge in [0.15, 0.2) is 0 Å². The van der Waals surface area contributed by atoms with Gasteiger partial charge in [0.2, 0.25) is 5.91 Å². The molecule has 1 saturated heterocycles. The van der Waals surface area contributed by atoms with Gasteiger partial charge in [-0.15, -0.1) is 0 Å². The van der Waals surface area contributed by atoms with Crippen molar-refractivity contribution >= 4 is 23.9 Å². The lowest BCUT2D eigenvalue weighted by atomic mass is 10.1. The third-order valence-corrected chi connectivity index (χ3v) is 3.07. The van der Waals surface area contributed by atoms with E-state index in [0.29, 0.717) is 19.4 Å². The number of methoxy groups -OCH3 is 1. The zero-order valence-corrected chi connectivity index (χ0v) is 11.7. The first-order valence-electron chi connectivity index (χ1n) is 6.55. The summed E-state index contributed by atoms with van der Waals surface area (Å²) in [6.07, 6.45) is 0.652. The van der Waals surface area contributed by atoms with Crippen LogP contribution in [0.1, 0.15) is 25.7 Å². The van der Waals surface area contributed by atoms with Crippen molar-refractivity contribution in [1.29, 1.82) is 0 Å². The average Bonchev–Trinajstić information content (AvgIpc) is 2.45. The predicted molar refractivity (Wildman–Crippen MR) is 70.4 cm³/mol. The van der Waals surface area contributed by atoms with Gasteiger partial charge in [0, 0.05) is 25.4 Å². The molecule has 1 unspecified atom stereocenters. The van der Waals surface area contributed by atoms with Gasteiger partial charge >= 0.3 is 18.0 Å². The van der Waals surface area contributed by atoms with E-state index in [-0.39, 0.29) is 24.8 Å². The molecule has 0 bridgehead atoms. The molecule has 0 aromatic heterocycles. The molecule has 118 valence electrons. The normalized spacial score (nSPS) is 19.1. The van der Waals surface area contributed by atoms with Crippen LogP contribution in [0.2, 0.25) is 0 Å². The Morgan fingerprint density at radius 1 is 1.48 bits per heavy atom. The fraction of sp³-hybridized carbons (Fsp3) is 0.667. The fourth-order valence-electron chi connectivity index (χ4n) is 1.86. The molecular weight excluding hydrogens is 282 g/mol.